The van der Waals surface area contributed by atoms with Crippen molar-refractivity contribution in [3.8, 4) is 17.2 Å². The number of allylic oxidation sites excluding steroid dienone is 2. The maximum Gasteiger partial charge on any atom is 0.321 e. The van der Waals surface area contributed by atoms with Gasteiger partial charge in [-0.3, -0.25) is 0 Å². The van der Waals surface area contributed by atoms with Crippen LogP contribution in [-0.4, -0.2) is 74.4 Å². The quantitative estimate of drug-likeness (QED) is 0.553. The number of anilines is 1. The Morgan fingerprint density at radius 2 is 1.97 bits per heavy atom. The van der Waals surface area contributed by atoms with Gasteiger partial charge >= 0.3 is 6.03 Å². The maximum absolute atomic E-state index is 13.7. The molecule has 2 heterocycles. The molecule has 2 aromatic rings. The molecule has 2 aromatic carbocycles. The highest BCUT2D eigenvalue weighted by Gasteiger charge is 2.38. The number of aliphatic hydroxyl groups excluding tert-OH is 1. The Balaban J connectivity index is 1.41. The molecule has 2 aliphatic heterocycles. The summed E-state index contributed by atoms with van der Waals surface area (Å²) in [5.41, 5.74) is 2.67. The van der Waals surface area contributed by atoms with E-state index in [1.807, 2.05) is 13.0 Å². The van der Waals surface area contributed by atoms with E-state index >= 15 is 0 Å². The average Bonchev–Trinajstić information content (AvgIpc) is 3.62. The molecule has 210 valence electrons. The standard InChI is InChI=1S/C28H35N3O7S/c1-18-14-31(19(2)16-32)39(34,35)27-11-8-21(20-6-4-5-7-20)12-25(27)38-26(18)15-30(3)28(33)29-22-9-10-23-24(13-22)37-17-36-23/h6,8-13,18-19,26,32H,4-5,7,14-17H2,1-3H3,(H,29,33)/t18-,19+,26+/m1/s1. The molecule has 2 N–H and O–H groups in total. The van der Waals surface area contributed by atoms with Gasteiger partial charge in [0.15, 0.2) is 11.5 Å². The van der Waals surface area contributed by atoms with E-state index in [0.717, 1.165) is 24.8 Å². The van der Waals surface area contributed by atoms with Gasteiger partial charge in [0.2, 0.25) is 16.8 Å². The van der Waals surface area contributed by atoms with E-state index in [2.05, 4.69) is 11.4 Å². The zero-order valence-electron chi connectivity index (χ0n) is 22.4. The molecule has 39 heavy (non-hydrogen) atoms. The molecular formula is C28H35N3O7S. The molecule has 0 saturated heterocycles. The third-order valence-corrected chi connectivity index (χ3v) is 9.52. The first-order valence-electron chi connectivity index (χ1n) is 13.2. The first-order chi connectivity index (χ1) is 18.7. The molecule has 0 unspecified atom stereocenters. The van der Waals surface area contributed by atoms with Crippen molar-refractivity contribution in [2.45, 2.75) is 50.2 Å². The van der Waals surface area contributed by atoms with Crippen LogP contribution in [0.5, 0.6) is 17.2 Å². The normalized spacial score (nSPS) is 22.6. The number of benzene rings is 2. The maximum atomic E-state index is 13.7. The molecule has 1 aliphatic carbocycles. The fraction of sp³-hybridized carbons (Fsp3) is 0.464. The smallest absolute Gasteiger partial charge is 0.321 e. The second-order valence-corrected chi connectivity index (χ2v) is 12.3. The second kappa shape index (κ2) is 11.1. The Hall–Kier alpha value is -3.28. The molecule has 0 spiro atoms. The Bertz CT molecular complexity index is 1380. The fourth-order valence-corrected chi connectivity index (χ4v) is 6.95. The average molecular weight is 558 g/mol. The largest absolute Gasteiger partial charge is 0.487 e. The molecule has 5 rings (SSSR count). The van der Waals surface area contributed by atoms with Crippen molar-refractivity contribution in [1.29, 1.82) is 0 Å². The lowest BCUT2D eigenvalue weighted by Gasteiger charge is -2.37. The van der Waals surface area contributed by atoms with E-state index in [-0.39, 0.29) is 49.1 Å². The number of amides is 2. The van der Waals surface area contributed by atoms with Crippen LogP contribution in [-0.2, 0) is 10.0 Å². The van der Waals surface area contributed by atoms with Crippen molar-refractivity contribution in [2.24, 2.45) is 5.92 Å². The highest BCUT2D eigenvalue weighted by atomic mass is 32.2. The molecular weight excluding hydrogens is 522 g/mol. The van der Waals surface area contributed by atoms with Gasteiger partial charge in [0.05, 0.1) is 13.2 Å². The minimum Gasteiger partial charge on any atom is -0.487 e. The molecule has 0 aromatic heterocycles. The van der Waals surface area contributed by atoms with Crippen LogP contribution in [0.4, 0.5) is 10.5 Å². The van der Waals surface area contributed by atoms with Crippen LogP contribution in [0.15, 0.2) is 47.4 Å². The number of nitrogens with one attached hydrogen (secondary N) is 1. The number of hydrogen-bond donors (Lipinski definition) is 2. The van der Waals surface area contributed by atoms with Crippen LogP contribution in [0.25, 0.3) is 5.57 Å². The summed E-state index contributed by atoms with van der Waals surface area (Å²) in [4.78, 5) is 14.7. The van der Waals surface area contributed by atoms with Crippen molar-refractivity contribution in [3.05, 3.63) is 48.0 Å². The number of urea groups is 1. The third-order valence-electron chi connectivity index (χ3n) is 7.50. The van der Waals surface area contributed by atoms with Crippen molar-refractivity contribution in [1.82, 2.24) is 9.21 Å². The Morgan fingerprint density at radius 3 is 2.72 bits per heavy atom. The molecule has 3 aliphatic rings. The summed E-state index contributed by atoms with van der Waals surface area (Å²) < 4.78 is 45.9. The third kappa shape index (κ3) is 5.57. The van der Waals surface area contributed by atoms with Crippen molar-refractivity contribution >= 4 is 27.3 Å². The minimum atomic E-state index is -3.93. The zero-order chi connectivity index (χ0) is 27.7. The molecule has 10 nitrogen and oxygen atoms in total. The molecule has 0 fully saturated rings. The van der Waals surface area contributed by atoms with Gasteiger partial charge in [-0.05, 0) is 61.6 Å². The number of ether oxygens (including phenoxy) is 3. The van der Waals surface area contributed by atoms with E-state index in [4.69, 9.17) is 14.2 Å². The Morgan fingerprint density at radius 1 is 1.18 bits per heavy atom. The van der Waals surface area contributed by atoms with E-state index in [9.17, 15) is 18.3 Å². The summed E-state index contributed by atoms with van der Waals surface area (Å²) in [5, 5.41) is 12.7. The number of rotatable bonds is 6. The van der Waals surface area contributed by atoms with Crippen LogP contribution >= 0.6 is 0 Å². The number of sulfonamides is 1. The van der Waals surface area contributed by atoms with Gasteiger partial charge in [-0.1, -0.05) is 19.1 Å². The van der Waals surface area contributed by atoms with Gasteiger partial charge in [0, 0.05) is 37.3 Å². The SMILES string of the molecule is C[C@@H]1CN([C@@H](C)CO)S(=O)(=O)c2ccc(C3=CCCC3)cc2O[C@H]1CN(C)C(=O)Nc1ccc2c(c1)OCO2. The minimum absolute atomic E-state index is 0.0644. The number of likely N-dealkylation sites (N-methyl/N-ethyl adjacent to an activating group) is 1. The number of carbonyl (C=O) groups excluding carboxylic acids is 1. The molecule has 2 amide bonds. The molecule has 11 heteroatoms. The molecule has 3 atom stereocenters. The topological polar surface area (TPSA) is 118 Å². The van der Waals surface area contributed by atoms with Gasteiger partial charge in [0.1, 0.15) is 16.7 Å². The van der Waals surface area contributed by atoms with E-state index in [1.165, 1.54) is 14.8 Å². The molecule has 0 bridgehead atoms. The number of fused-ring (bicyclic) bond motifs is 2. The molecule has 0 saturated carbocycles. The number of aliphatic hydroxyl groups is 1. The summed E-state index contributed by atoms with van der Waals surface area (Å²) in [6.45, 7) is 3.77. The lowest BCUT2D eigenvalue weighted by Crippen LogP contribution is -2.50. The number of nitrogens with zero attached hydrogens (tertiary/aromatic N) is 2. The summed E-state index contributed by atoms with van der Waals surface area (Å²) in [6.07, 6.45) is 4.66. The first-order valence-corrected chi connectivity index (χ1v) is 14.7. The van der Waals surface area contributed by atoms with Crippen LogP contribution in [0, 0.1) is 5.92 Å². The van der Waals surface area contributed by atoms with Crippen molar-refractivity contribution in [2.75, 3.05) is 38.9 Å². The van der Waals surface area contributed by atoms with Gasteiger partial charge < -0.3 is 29.5 Å². The zero-order valence-corrected chi connectivity index (χ0v) is 23.2. The van der Waals surface area contributed by atoms with E-state index in [1.54, 1.807) is 44.3 Å². The van der Waals surface area contributed by atoms with Crippen LogP contribution in [0.1, 0.15) is 38.7 Å². The lowest BCUT2D eigenvalue weighted by atomic mass is 10.0. The van der Waals surface area contributed by atoms with Crippen molar-refractivity contribution < 1.29 is 32.5 Å². The molecule has 0 radical (unpaired) electrons. The van der Waals surface area contributed by atoms with Gasteiger partial charge in [-0.2, -0.15) is 4.31 Å². The first kappa shape index (κ1) is 27.3. The Labute approximate surface area is 229 Å². The highest BCUT2D eigenvalue weighted by Crippen LogP contribution is 2.38. The van der Waals surface area contributed by atoms with E-state index < -0.39 is 22.2 Å². The van der Waals surface area contributed by atoms with Gasteiger partial charge in [0.25, 0.3) is 0 Å². The lowest BCUT2D eigenvalue weighted by molar-refractivity contribution is 0.0830. The summed E-state index contributed by atoms with van der Waals surface area (Å²) >= 11 is 0. The predicted molar refractivity (Wildman–Crippen MR) is 147 cm³/mol. The fourth-order valence-electron chi connectivity index (χ4n) is 5.12. The van der Waals surface area contributed by atoms with Crippen LogP contribution in [0.2, 0.25) is 0 Å². The highest BCUT2D eigenvalue weighted by molar-refractivity contribution is 7.89. The monoisotopic (exact) mass is 557 g/mol. The summed E-state index contributed by atoms with van der Waals surface area (Å²) in [6, 6.07) is 9.44. The Kier molecular flexibility index (Phi) is 7.75. The van der Waals surface area contributed by atoms with E-state index in [0.29, 0.717) is 17.2 Å². The second-order valence-electron chi connectivity index (χ2n) is 10.4. The summed E-state index contributed by atoms with van der Waals surface area (Å²) in [5.74, 6) is 1.17. The van der Waals surface area contributed by atoms with Crippen molar-refractivity contribution in [3.63, 3.8) is 0 Å². The van der Waals surface area contributed by atoms with Crippen LogP contribution in [0.3, 0.4) is 0 Å². The number of carbonyl (C=O) groups is 1. The van der Waals surface area contributed by atoms with Gasteiger partial charge in [-0.15, -0.1) is 0 Å². The van der Waals surface area contributed by atoms with Crippen LogP contribution < -0.4 is 19.5 Å². The summed E-state index contributed by atoms with van der Waals surface area (Å²) in [7, 11) is -2.26. The van der Waals surface area contributed by atoms with Gasteiger partial charge in [-0.25, -0.2) is 13.2 Å². The number of hydrogen-bond acceptors (Lipinski definition) is 7. The predicted octanol–water partition coefficient (Wildman–Crippen LogP) is 3.92.